The van der Waals surface area contributed by atoms with Crippen LogP contribution >= 0.6 is 0 Å². The molecule has 0 aromatic carbocycles. The summed E-state index contributed by atoms with van der Waals surface area (Å²) in [4.78, 5) is 9.97. The summed E-state index contributed by atoms with van der Waals surface area (Å²) < 4.78 is 26.0. The quantitative estimate of drug-likeness (QED) is 0.629. The van der Waals surface area contributed by atoms with Gasteiger partial charge in [-0.1, -0.05) is 0 Å². The molecule has 1 aliphatic heterocycles. The number of carboxylic acids is 1. The molecule has 0 aromatic heterocycles. The van der Waals surface area contributed by atoms with Crippen molar-refractivity contribution >= 4 is 15.8 Å². The predicted octanol–water partition coefficient (Wildman–Crippen LogP) is -0.868. The molecule has 0 spiro atoms. The molecule has 0 aliphatic carbocycles. The fourth-order valence-electron chi connectivity index (χ4n) is 1.08. The van der Waals surface area contributed by atoms with Crippen LogP contribution in [0.3, 0.4) is 0 Å². The fourth-order valence-corrected chi connectivity index (χ4v) is 2.61. The maximum absolute atomic E-state index is 10.6. The fraction of sp³-hybridized carbons (Fsp3) is 0.833. The molecule has 5 nitrogen and oxygen atoms in total. The number of rotatable bonds is 4. The Morgan fingerprint density at radius 3 is 2.50 bits per heavy atom. The first kappa shape index (κ1) is 9.47. The van der Waals surface area contributed by atoms with Gasteiger partial charge in [0.1, 0.15) is 6.61 Å². The van der Waals surface area contributed by atoms with Crippen molar-refractivity contribution in [2.24, 2.45) is 5.92 Å². The number of hydrogen-bond acceptors (Lipinski definition) is 4. The van der Waals surface area contributed by atoms with Gasteiger partial charge < -0.3 is 9.84 Å². The third kappa shape index (κ3) is 2.78. The van der Waals surface area contributed by atoms with E-state index in [-0.39, 0.29) is 30.6 Å². The van der Waals surface area contributed by atoms with Gasteiger partial charge in [0.2, 0.25) is 0 Å². The van der Waals surface area contributed by atoms with Crippen LogP contribution in [0.25, 0.3) is 0 Å². The zero-order valence-electron chi connectivity index (χ0n) is 6.39. The van der Waals surface area contributed by atoms with Crippen LogP contribution in [0.15, 0.2) is 0 Å². The first-order valence-corrected chi connectivity index (χ1v) is 5.32. The highest BCUT2D eigenvalue weighted by Gasteiger charge is 2.33. The molecule has 1 N–H and O–H groups in total. The molecule has 0 atom stereocenters. The molecule has 0 unspecified atom stereocenters. The molecule has 0 saturated carbocycles. The number of carbonyl (C=O) groups is 1. The SMILES string of the molecule is O=C(O)COCC1CS(=O)(=O)C1. The standard InChI is InChI=1S/C6H10O5S/c7-6(8)2-11-1-5-3-12(9,10)4-5/h5H,1-4H2,(H,7,8). The summed E-state index contributed by atoms with van der Waals surface area (Å²) in [5, 5.41) is 8.18. The minimum absolute atomic E-state index is 0.00523. The third-order valence-corrected chi connectivity index (χ3v) is 3.52. The molecule has 1 rings (SSSR count). The van der Waals surface area contributed by atoms with Crippen molar-refractivity contribution < 1.29 is 23.1 Å². The summed E-state index contributed by atoms with van der Waals surface area (Å²) >= 11 is 0. The van der Waals surface area contributed by atoms with Gasteiger partial charge in [-0.2, -0.15) is 0 Å². The molecular formula is C6H10O5S. The number of sulfone groups is 1. The van der Waals surface area contributed by atoms with Gasteiger partial charge in [-0.25, -0.2) is 13.2 Å². The van der Waals surface area contributed by atoms with E-state index in [9.17, 15) is 13.2 Å². The van der Waals surface area contributed by atoms with Crippen LogP contribution in [0.4, 0.5) is 0 Å². The van der Waals surface area contributed by atoms with E-state index in [1.165, 1.54) is 0 Å². The second kappa shape index (κ2) is 3.40. The van der Waals surface area contributed by atoms with Gasteiger partial charge in [0.25, 0.3) is 0 Å². The van der Waals surface area contributed by atoms with Gasteiger partial charge in [-0.05, 0) is 0 Å². The van der Waals surface area contributed by atoms with E-state index in [1.54, 1.807) is 0 Å². The zero-order chi connectivity index (χ0) is 9.19. The van der Waals surface area contributed by atoms with E-state index in [4.69, 9.17) is 9.84 Å². The lowest BCUT2D eigenvalue weighted by atomic mass is 10.2. The normalized spacial score (nSPS) is 21.7. The second-order valence-electron chi connectivity index (χ2n) is 2.85. The lowest BCUT2D eigenvalue weighted by molar-refractivity contribution is -0.142. The minimum atomic E-state index is -2.81. The van der Waals surface area contributed by atoms with Crippen LogP contribution in [0.1, 0.15) is 0 Å². The molecular weight excluding hydrogens is 184 g/mol. The molecule has 1 fully saturated rings. The average molecular weight is 194 g/mol. The Bertz CT molecular complexity index is 256. The second-order valence-corrected chi connectivity index (χ2v) is 5.01. The van der Waals surface area contributed by atoms with Gasteiger partial charge in [0.05, 0.1) is 18.1 Å². The summed E-state index contributed by atoms with van der Waals surface area (Å²) in [6, 6.07) is 0. The van der Waals surface area contributed by atoms with Crippen LogP contribution in [0.5, 0.6) is 0 Å². The Labute approximate surface area is 70.3 Å². The van der Waals surface area contributed by atoms with Crippen LogP contribution in [-0.4, -0.2) is 44.2 Å². The number of carboxylic acid groups (broad SMARTS) is 1. The van der Waals surface area contributed by atoms with E-state index in [1.807, 2.05) is 0 Å². The molecule has 0 amide bonds. The Kier molecular flexibility index (Phi) is 2.69. The Morgan fingerprint density at radius 2 is 2.08 bits per heavy atom. The molecule has 0 aromatic rings. The van der Waals surface area contributed by atoms with Crippen LogP contribution < -0.4 is 0 Å². The summed E-state index contributed by atoms with van der Waals surface area (Å²) in [5.41, 5.74) is 0. The molecule has 70 valence electrons. The summed E-state index contributed by atoms with van der Waals surface area (Å²) in [6.07, 6.45) is 0. The smallest absolute Gasteiger partial charge is 0.329 e. The molecule has 6 heteroatoms. The summed E-state index contributed by atoms with van der Waals surface area (Å²) in [7, 11) is -2.81. The van der Waals surface area contributed by atoms with Crippen LogP contribution in [0.2, 0.25) is 0 Å². The maximum Gasteiger partial charge on any atom is 0.329 e. The molecule has 0 bridgehead atoms. The van der Waals surface area contributed by atoms with Crippen molar-refractivity contribution in [3.8, 4) is 0 Å². The first-order valence-electron chi connectivity index (χ1n) is 3.49. The first-order chi connectivity index (χ1) is 5.49. The molecule has 1 aliphatic rings. The lowest BCUT2D eigenvalue weighted by Crippen LogP contribution is -2.39. The van der Waals surface area contributed by atoms with Gasteiger partial charge >= 0.3 is 5.97 Å². The van der Waals surface area contributed by atoms with Crippen molar-refractivity contribution in [3.63, 3.8) is 0 Å². The van der Waals surface area contributed by atoms with E-state index >= 15 is 0 Å². The van der Waals surface area contributed by atoms with Gasteiger partial charge in [0, 0.05) is 5.92 Å². The monoisotopic (exact) mass is 194 g/mol. The zero-order valence-corrected chi connectivity index (χ0v) is 7.21. The topological polar surface area (TPSA) is 80.7 Å². The summed E-state index contributed by atoms with van der Waals surface area (Å²) in [6.45, 7) is -0.123. The Hall–Kier alpha value is -0.620. The largest absolute Gasteiger partial charge is 0.480 e. The van der Waals surface area contributed by atoms with Crippen molar-refractivity contribution in [3.05, 3.63) is 0 Å². The van der Waals surface area contributed by atoms with E-state index in [2.05, 4.69) is 0 Å². The van der Waals surface area contributed by atoms with E-state index in [0.717, 1.165) is 0 Å². The van der Waals surface area contributed by atoms with Crippen LogP contribution in [-0.2, 0) is 19.4 Å². The van der Waals surface area contributed by atoms with Crippen molar-refractivity contribution in [1.82, 2.24) is 0 Å². The van der Waals surface area contributed by atoms with Crippen LogP contribution in [0, 0.1) is 5.92 Å². The van der Waals surface area contributed by atoms with Crippen molar-refractivity contribution in [1.29, 1.82) is 0 Å². The maximum atomic E-state index is 10.6. The predicted molar refractivity (Wildman–Crippen MR) is 40.6 cm³/mol. The molecule has 1 saturated heterocycles. The van der Waals surface area contributed by atoms with Gasteiger partial charge in [0.15, 0.2) is 9.84 Å². The lowest BCUT2D eigenvalue weighted by Gasteiger charge is -2.24. The van der Waals surface area contributed by atoms with E-state index in [0.29, 0.717) is 0 Å². The number of aliphatic carboxylic acids is 1. The highest BCUT2D eigenvalue weighted by molar-refractivity contribution is 7.92. The number of ether oxygens (including phenoxy) is 1. The molecule has 0 radical (unpaired) electrons. The summed E-state index contributed by atoms with van der Waals surface area (Å²) in [5.74, 6) is -0.772. The van der Waals surface area contributed by atoms with Crippen molar-refractivity contribution in [2.45, 2.75) is 0 Å². The van der Waals surface area contributed by atoms with Gasteiger partial charge in [-0.3, -0.25) is 0 Å². The highest BCUT2D eigenvalue weighted by atomic mass is 32.2. The van der Waals surface area contributed by atoms with Crippen molar-refractivity contribution in [2.75, 3.05) is 24.7 Å². The number of hydrogen-bond donors (Lipinski definition) is 1. The minimum Gasteiger partial charge on any atom is -0.480 e. The molecule has 1 heterocycles. The highest BCUT2D eigenvalue weighted by Crippen LogP contribution is 2.17. The Morgan fingerprint density at radius 1 is 1.50 bits per heavy atom. The Balaban J connectivity index is 2.08. The van der Waals surface area contributed by atoms with E-state index < -0.39 is 15.8 Å². The van der Waals surface area contributed by atoms with Gasteiger partial charge in [-0.15, -0.1) is 0 Å². The molecule has 12 heavy (non-hydrogen) atoms. The average Bonchev–Trinajstić information content (AvgIpc) is 1.82. The third-order valence-electron chi connectivity index (χ3n) is 1.56.